The molecule has 0 bridgehead atoms. The molecule has 2 aliphatic rings. The molecule has 7 heteroatoms. The molecule has 2 unspecified atom stereocenters. The van der Waals surface area contributed by atoms with Crippen LogP contribution in [-0.2, 0) is 14.3 Å². The van der Waals surface area contributed by atoms with Gasteiger partial charge >= 0.3 is 0 Å². The molecule has 0 saturated carbocycles. The van der Waals surface area contributed by atoms with E-state index in [0.29, 0.717) is 5.56 Å². The predicted octanol–water partition coefficient (Wildman–Crippen LogP) is 1.49. The number of likely N-dealkylation sites (N-methyl/N-ethyl adjacent to an activating group) is 1. The lowest BCUT2D eigenvalue weighted by atomic mass is 9.96. The number of carbonyl (C=O) groups excluding carboxylic acids is 2. The van der Waals surface area contributed by atoms with Crippen LogP contribution in [0.1, 0.15) is 24.4 Å². The number of benzene rings is 1. The first-order chi connectivity index (χ1) is 13.0. The lowest BCUT2D eigenvalue weighted by Gasteiger charge is -2.39. The number of hydrogen-bond donors (Lipinski definition) is 1. The van der Waals surface area contributed by atoms with E-state index in [9.17, 15) is 14.0 Å². The number of ether oxygens (including phenoxy) is 1. The third kappa shape index (κ3) is 4.54. The van der Waals surface area contributed by atoms with Crippen LogP contribution in [-0.4, -0.2) is 67.0 Å². The summed E-state index contributed by atoms with van der Waals surface area (Å²) in [6.45, 7) is 6.28. The predicted molar refractivity (Wildman–Crippen MR) is 99.5 cm³/mol. The molecule has 3 rings (SSSR count). The minimum absolute atomic E-state index is 0.0824. The Balaban J connectivity index is 1.69. The van der Waals surface area contributed by atoms with Crippen molar-refractivity contribution in [1.82, 2.24) is 15.1 Å². The number of halogens is 1. The van der Waals surface area contributed by atoms with Crippen LogP contribution in [0.4, 0.5) is 4.39 Å². The van der Waals surface area contributed by atoms with Crippen molar-refractivity contribution < 1.29 is 18.7 Å². The van der Waals surface area contributed by atoms with Gasteiger partial charge in [0.25, 0.3) is 5.91 Å². The zero-order valence-electron chi connectivity index (χ0n) is 15.6. The van der Waals surface area contributed by atoms with Crippen molar-refractivity contribution in [2.45, 2.75) is 31.0 Å². The van der Waals surface area contributed by atoms with Crippen LogP contribution in [0.25, 0.3) is 0 Å². The molecule has 1 aromatic rings. The average Bonchev–Trinajstić information content (AvgIpc) is 2.66. The summed E-state index contributed by atoms with van der Waals surface area (Å²) in [5, 5.41) is 3.07. The number of morpholine rings is 1. The van der Waals surface area contributed by atoms with E-state index in [2.05, 4.69) is 16.8 Å². The minimum atomic E-state index is -0.815. The second-order valence-electron chi connectivity index (χ2n) is 7.10. The summed E-state index contributed by atoms with van der Waals surface area (Å²) in [5.74, 6) is -0.798. The second kappa shape index (κ2) is 8.63. The zero-order chi connectivity index (χ0) is 19.4. The Morgan fingerprint density at radius 2 is 2.00 bits per heavy atom. The molecule has 0 spiro atoms. The van der Waals surface area contributed by atoms with E-state index in [1.807, 2.05) is 6.08 Å². The van der Waals surface area contributed by atoms with Crippen molar-refractivity contribution in [2.75, 3.05) is 33.3 Å². The number of likely N-dealkylation sites (tertiary alicyclic amines) is 1. The van der Waals surface area contributed by atoms with Gasteiger partial charge in [-0.3, -0.25) is 14.5 Å². The average molecular weight is 375 g/mol. The summed E-state index contributed by atoms with van der Waals surface area (Å²) in [5.41, 5.74) is 0.674. The van der Waals surface area contributed by atoms with Gasteiger partial charge in [0.15, 0.2) is 6.10 Å². The minimum Gasteiger partial charge on any atom is -0.356 e. The van der Waals surface area contributed by atoms with Gasteiger partial charge in [-0.25, -0.2) is 4.39 Å². The van der Waals surface area contributed by atoms with E-state index in [0.717, 1.165) is 32.5 Å². The normalized spacial score (nSPS) is 24.7. The summed E-state index contributed by atoms with van der Waals surface area (Å²) in [6, 6.07) is 5.34. The third-order valence-corrected chi connectivity index (χ3v) is 5.27. The number of nitrogens with one attached hydrogen (secondary N) is 1. The molecule has 0 aromatic heterocycles. The van der Waals surface area contributed by atoms with Gasteiger partial charge in [0, 0.05) is 32.7 Å². The Hall–Kier alpha value is -2.25. The van der Waals surface area contributed by atoms with Gasteiger partial charge < -0.3 is 15.0 Å². The first-order valence-corrected chi connectivity index (χ1v) is 9.26. The van der Waals surface area contributed by atoms with Gasteiger partial charge in [0.2, 0.25) is 5.91 Å². The standard InChI is InChI=1S/C20H26FN3O3/c1-3-10-24-11-8-16(9-12-24)22-20(26)19-18(23(2)17(25)13-27-19)14-4-6-15(21)7-5-14/h3-7,16,18-19H,1,8-13H2,2H3,(H,22,26). The van der Waals surface area contributed by atoms with Crippen molar-refractivity contribution in [3.63, 3.8) is 0 Å². The molecule has 2 atom stereocenters. The summed E-state index contributed by atoms with van der Waals surface area (Å²) in [4.78, 5) is 28.8. The maximum atomic E-state index is 13.3. The molecule has 2 aliphatic heterocycles. The highest BCUT2D eigenvalue weighted by Crippen LogP contribution is 2.29. The lowest BCUT2D eigenvalue weighted by molar-refractivity contribution is -0.162. The Morgan fingerprint density at radius 1 is 1.33 bits per heavy atom. The smallest absolute Gasteiger partial charge is 0.251 e. The van der Waals surface area contributed by atoms with E-state index >= 15 is 0 Å². The summed E-state index contributed by atoms with van der Waals surface area (Å²) < 4.78 is 18.9. The Morgan fingerprint density at radius 3 is 2.63 bits per heavy atom. The SMILES string of the molecule is C=CCN1CCC(NC(=O)C2OCC(=O)N(C)C2c2ccc(F)cc2)CC1. The molecule has 2 amide bonds. The van der Waals surface area contributed by atoms with Gasteiger partial charge in [-0.1, -0.05) is 18.2 Å². The van der Waals surface area contributed by atoms with Crippen molar-refractivity contribution in [1.29, 1.82) is 0 Å². The van der Waals surface area contributed by atoms with Gasteiger partial charge in [0.05, 0.1) is 6.04 Å². The van der Waals surface area contributed by atoms with Crippen LogP contribution in [0.5, 0.6) is 0 Å². The van der Waals surface area contributed by atoms with Gasteiger partial charge in [-0.05, 0) is 30.5 Å². The summed E-state index contributed by atoms with van der Waals surface area (Å²) >= 11 is 0. The fourth-order valence-corrected chi connectivity index (χ4v) is 3.72. The van der Waals surface area contributed by atoms with Crippen LogP contribution in [0.3, 0.4) is 0 Å². The Labute approximate surface area is 159 Å². The van der Waals surface area contributed by atoms with Crippen LogP contribution in [0, 0.1) is 5.82 Å². The van der Waals surface area contributed by atoms with Crippen molar-refractivity contribution >= 4 is 11.8 Å². The van der Waals surface area contributed by atoms with E-state index in [4.69, 9.17) is 4.74 Å². The molecule has 6 nitrogen and oxygen atoms in total. The van der Waals surface area contributed by atoms with Gasteiger partial charge in [-0.15, -0.1) is 6.58 Å². The molecular formula is C20H26FN3O3. The molecule has 27 heavy (non-hydrogen) atoms. The highest BCUT2D eigenvalue weighted by atomic mass is 19.1. The number of carbonyl (C=O) groups is 2. The number of nitrogens with zero attached hydrogens (tertiary/aromatic N) is 2. The maximum Gasteiger partial charge on any atom is 0.251 e. The number of amides is 2. The first kappa shape index (κ1) is 19.5. The van der Waals surface area contributed by atoms with Crippen LogP contribution in [0.15, 0.2) is 36.9 Å². The monoisotopic (exact) mass is 375 g/mol. The number of hydrogen-bond acceptors (Lipinski definition) is 4. The molecule has 0 aliphatic carbocycles. The molecule has 146 valence electrons. The maximum absolute atomic E-state index is 13.3. The molecule has 0 radical (unpaired) electrons. The molecule has 2 fully saturated rings. The van der Waals surface area contributed by atoms with Crippen molar-refractivity contribution in [3.8, 4) is 0 Å². The highest BCUT2D eigenvalue weighted by Gasteiger charge is 2.40. The molecular weight excluding hydrogens is 349 g/mol. The quantitative estimate of drug-likeness (QED) is 0.792. The number of rotatable bonds is 5. The Kier molecular flexibility index (Phi) is 6.23. The molecule has 2 heterocycles. The molecule has 2 saturated heterocycles. The second-order valence-corrected chi connectivity index (χ2v) is 7.10. The third-order valence-electron chi connectivity index (χ3n) is 5.27. The van der Waals surface area contributed by atoms with Crippen molar-refractivity contribution in [3.05, 3.63) is 48.3 Å². The van der Waals surface area contributed by atoms with Crippen LogP contribution >= 0.6 is 0 Å². The Bertz CT molecular complexity index is 686. The zero-order valence-corrected chi connectivity index (χ0v) is 15.6. The topological polar surface area (TPSA) is 61.9 Å². The lowest BCUT2D eigenvalue weighted by Crippen LogP contribution is -2.55. The van der Waals surface area contributed by atoms with E-state index in [1.54, 1.807) is 19.2 Å². The van der Waals surface area contributed by atoms with Crippen LogP contribution < -0.4 is 5.32 Å². The fourth-order valence-electron chi connectivity index (χ4n) is 3.72. The largest absolute Gasteiger partial charge is 0.356 e. The van der Waals surface area contributed by atoms with E-state index < -0.39 is 12.1 Å². The van der Waals surface area contributed by atoms with Gasteiger partial charge in [0.1, 0.15) is 12.4 Å². The number of piperidine rings is 1. The summed E-state index contributed by atoms with van der Waals surface area (Å²) in [7, 11) is 1.65. The van der Waals surface area contributed by atoms with E-state index in [-0.39, 0.29) is 30.3 Å². The van der Waals surface area contributed by atoms with E-state index in [1.165, 1.54) is 17.0 Å². The highest BCUT2D eigenvalue weighted by molar-refractivity contribution is 5.86. The summed E-state index contributed by atoms with van der Waals surface area (Å²) in [6.07, 6.45) is 2.80. The van der Waals surface area contributed by atoms with Gasteiger partial charge in [-0.2, -0.15) is 0 Å². The van der Waals surface area contributed by atoms with Crippen LogP contribution in [0.2, 0.25) is 0 Å². The fraction of sp³-hybridized carbons (Fsp3) is 0.500. The first-order valence-electron chi connectivity index (χ1n) is 9.26. The molecule has 1 N–H and O–H groups in total. The van der Waals surface area contributed by atoms with Crippen molar-refractivity contribution in [2.24, 2.45) is 0 Å². The molecule has 1 aromatic carbocycles.